The summed E-state index contributed by atoms with van der Waals surface area (Å²) < 4.78 is 20.2. The van der Waals surface area contributed by atoms with Crippen LogP contribution in [0.5, 0.6) is 0 Å². The summed E-state index contributed by atoms with van der Waals surface area (Å²) in [6.45, 7) is 0. The lowest BCUT2D eigenvalue weighted by atomic mass is 9.96. The average molecular weight is 693 g/mol. The van der Waals surface area contributed by atoms with Crippen molar-refractivity contribution < 1.29 is 4.57 Å². The predicted molar refractivity (Wildman–Crippen MR) is 220 cm³/mol. The SMILES string of the molecule is O=P(c1ccccc1)(c1ccccc1)c1ccc2sc3ccc(-c4ccc5sc6ccc(-c7cccc8ccccc78)cc6c5c4)cc3c2c1. The van der Waals surface area contributed by atoms with E-state index in [0.717, 1.165) is 21.3 Å². The minimum Gasteiger partial charge on any atom is -0.309 e. The van der Waals surface area contributed by atoms with Crippen molar-refractivity contribution in [1.82, 2.24) is 0 Å². The molecule has 0 aliphatic carbocycles. The molecule has 8 aromatic carbocycles. The molecule has 2 heterocycles. The van der Waals surface area contributed by atoms with Crippen LogP contribution in [-0.4, -0.2) is 0 Å². The zero-order valence-corrected chi connectivity index (χ0v) is 29.4. The van der Waals surface area contributed by atoms with E-state index in [-0.39, 0.29) is 0 Å². The lowest BCUT2D eigenvalue weighted by Crippen LogP contribution is -2.24. The zero-order chi connectivity index (χ0) is 33.2. The summed E-state index contributed by atoms with van der Waals surface area (Å²) in [4.78, 5) is 0. The van der Waals surface area contributed by atoms with Crippen LogP contribution in [0.4, 0.5) is 0 Å². The maximum absolute atomic E-state index is 15.2. The summed E-state index contributed by atoms with van der Waals surface area (Å²) >= 11 is 3.65. The average Bonchev–Trinajstić information content (AvgIpc) is 3.74. The minimum absolute atomic E-state index is 0.852. The Bertz CT molecular complexity index is 2910. The topological polar surface area (TPSA) is 17.1 Å². The molecule has 10 aromatic rings. The molecule has 0 unspecified atom stereocenters. The fourth-order valence-corrected chi connectivity index (χ4v) is 12.3. The highest BCUT2D eigenvalue weighted by molar-refractivity contribution is 7.85. The third-order valence-corrected chi connectivity index (χ3v) is 15.3. The minimum atomic E-state index is -3.08. The largest absolute Gasteiger partial charge is 0.309 e. The number of thiophene rings is 2. The van der Waals surface area contributed by atoms with Crippen molar-refractivity contribution in [2.45, 2.75) is 0 Å². The third-order valence-electron chi connectivity index (χ3n) is 9.96. The molecule has 0 aliphatic heterocycles. The highest BCUT2D eigenvalue weighted by Gasteiger charge is 2.30. The number of rotatable bonds is 5. The molecular formula is C46H29OPS2. The Morgan fingerprint density at radius 3 is 1.40 bits per heavy atom. The Morgan fingerprint density at radius 2 is 0.800 bits per heavy atom. The molecule has 0 spiro atoms. The molecule has 0 aliphatic rings. The van der Waals surface area contributed by atoms with Gasteiger partial charge in [-0.3, -0.25) is 0 Å². The fraction of sp³-hybridized carbons (Fsp3) is 0. The Kier molecular flexibility index (Phi) is 6.89. The standard InChI is InChI=1S/C46H29OPS2/c47-48(34-12-3-1-4-13-34,35-14-5-2-6-15-35)36-21-25-46-42(29-36)40-27-32(19-23-44(40)50-46)31-18-22-43-39(26-31)41-28-33(20-24-45(41)49-43)38-17-9-11-30-10-7-8-16-37(30)38/h1-29H. The molecule has 0 saturated carbocycles. The van der Waals surface area contributed by atoms with Gasteiger partial charge in [0.2, 0.25) is 0 Å². The Balaban J connectivity index is 1.11. The molecule has 2 aromatic heterocycles. The van der Waals surface area contributed by atoms with Gasteiger partial charge >= 0.3 is 0 Å². The van der Waals surface area contributed by atoms with Gasteiger partial charge in [-0.25, -0.2) is 0 Å². The maximum Gasteiger partial charge on any atom is 0.171 e. The third kappa shape index (κ3) is 4.70. The van der Waals surface area contributed by atoms with E-state index < -0.39 is 7.14 Å². The van der Waals surface area contributed by atoms with Gasteiger partial charge in [0.05, 0.1) is 0 Å². The fourth-order valence-electron chi connectivity index (χ4n) is 7.47. The van der Waals surface area contributed by atoms with Crippen LogP contribution in [0.2, 0.25) is 0 Å². The van der Waals surface area contributed by atoms with Gasteiger partial charge in [-0.1, -0.05) is 121 Å². The molecule has 0 fully saturated rings. The molecule has 236 valence electrons. The predicted octanol–water partition coefficient (Wildman–Crippen LogP) is 12.5. The lowest BCUT2D eigenvalue weighted by molar-refractivity contribution is 0.592. The summed E-state index contributed by atoms with van der Waals surface area (Å²) in [5, 5.41) is 10.0. The quantitative estimate of drug-likeness (QED) is 0.164. The highest BCUT2D eigenvalue weighted by Crippen LogP contribution is 2.45. The second kappa shape index (κ2) is 11.6. The van der Waals surface area contributed by atoms with Crippen LogP contribution < -0.4 is 15.9 Å². The van der Waals surface area contributed by atoms with Crippen LogP contribution in [0.15, 0.2) is 176 Å². The van der Waals surface area contributed by atoms with Crippen molar-refractivity contribution >= 4 is 96.8 Å². The molecule has 4 heteroatoms. The number of benzene rings is 8. The molecule has 0 atom stereocenters. The number of fused-ring (bicyclic) bond motifs is 7. The Labute approximate surface area is 298 Å². The first-order valence-electron chi connectivity index (χ1n) is 16.8. The van der Waals surface area contributed by atoms with Crippen LogP contribution in [0.1, 0.15) is 0 Å². The van der Waals surface area contributed by atoms with Crippen LogP contribution in [0, 0.1) is 0 Å². The second-order valence-corrected chi connectivity index (χ2v) is 17.8. The van der Waals surface area contributed by atoms with Crippen LogP contribution in [0.3, 0.4) is 0 Å². The zero-order valence-electron chi connectivity index (χ0n) is 26.9. The first-order chi connectivity index (χ1) is 24.6. The molecule has 1 nitrogen and oxygen atoms in total. The van der Waals surface area contributed by atoms with Crippen LogP contribution in [0.25, 0.3) is 73.4 Å². The van der Waals surface area contributed by atoms with Gasteiger partial charge in [0.25, 0.3) is 0 Å². The first kappa shape index (κ1) is 29.6. The molecule has 10 rings (SSSR count). The van der Waals surface area contributed by atoms with Gasteiger partial charge in [0.1, 0.15) is 0 Å². The molecular weight excluding hydrogens is 664 g/mol. The van der Waals surface area contributed by atoms with Gasteiger partial charge in [-0.05, 0) is 87.6 Å². The van der Waals surface area contributed by atoms with Gasteiger partial charge in [0.15, 0.2) is 7.14 Å². The highest BCUT2D eigenvalue weighted by atomic mass is 32.1. The lowest BCUT2D eigenvalue weighted by Gasteiger charge is -2.20. The molecule has 0 amide bonds. The summed E-state index contributed by atoms with van der Waals surface area (Å²) in [6, 6.07) is 62.1. The first-order valence-corrected chi connectivity index (χ1v) is 20.1. The van der Waals surface area contributed by atoms with E-state index in [1.165, 1.54) is 68.0 Å². The smallest absolute Gasteiger partial charge is 0.171 e. The van der Waals surface area contributed by atoms with E-state index in [1.54, 1.807) is 11.3 Å². The molecule has 0 radical (unpaired) electrons. The summed E-state index contributed by atoms with van der Waals surface area (Å²) in [5.41, 5.74) is 4.89. The number of hydrogen-bond acceptors (Lipinski definition) is 3. The monoisotopic (exact) mass is 692 g/mol. The van der Waals surface area contributed by atoms with Gasteiger partial charge in [-0.15, -0.1) is 22.7 Å². The number of hydrogen-bond donors (Lipinski definition) is 0. The molecule has 0 saturated heterocycles. The van der Waals surface area contributed by atoms with Crippen LogP contribution >= 0.6 is 29.8 Å². The van der Waals surface area contributed by atoms with E-state index in [2.05, 4.69) is 115 Å². The van der Waals surface area contributed by atoms with Gasteiger partial charge in [0, 0.05) is 56.3 Å². The van der Waals surface area contributed by atoms with Crippen molar-refractivity contribution in [3.63, 3.8) is 0 Å². The van der Waals surface area contributed by atoms with E-state index in [0.29, 0.717) is 0 Å². The summed E-state index contributed by atoms with van der Waals surface area (Å²) in [5.74, 6) is 0. The van der Waals surface area contributed by atoms with Crippen molar-refractivity contribution in [2.75, 3.05) is 0 Å². The van der Waals surface area contributed by atoms with Crippen molar-refractivity contribution in [1.29, 1.82) is 0 Å². The Hall–Kier alpha value is -5.31. The van der Waals surface area contributed by atoms with Gasteiger partial charge < -0.3 is 4.57 Å². The van der Waals surface area contributed by atoms with Crippen LogP contribution in [-0.2, 0) is 4.57 Å². The van der Waals surface area contributed by atoms with Crippen molar-refractivity contribution in [3.8, 4) is 22.3 Å². The molecule has 0 N–H and O–H groups in total. The van der Waals surface area contributed by atoms with Crippen molar-refractivity contribution in [3.05, 3.63) is 176 Å². The second-order valence-electron chi connectivity index (χ2n) is 12.8. The van der Waals surface area contributed by atoms with E-state index in [9.17, 15) is 0 Å². The summed E-state index contributed by atoms with van der Waals surface area (Å²) in [7, 11) is -3.08. The summed E-state index contributed by atoms with van der Waals surface area (Å²) in [6.07, 6.45) is 0. The van der Waals surface area contributed by atoms with Crippen molar-refractivity contribution in [2.24, 2.45) is 0 Å². The van der Waals surface area contributed by atoms with E-state index in [4.69, 9.17) is 0 Å². The Morgan fingerprint density at radius 1 is 0.340 bits per heavy atom. The molecule has 50 heavy (non-hydrogen) atoms. The van der Waals surface area contributed by atoms with Gasteiger partial charge in [-0.2, -0.15) is 0 Å². The normalized spacial score (nSPS) is 12.1. The van der Waals surface area contributed by atoms with E-state index >= 15 is 4.57 Å². The maximum atomic E-state index is 15.2. The molecule has 0 bridgehead atoms. The van der Waals surface area contributed by atoms with E-state index in [1.807, 2.05) is 72.0 Å².